The lowest BCUT2D eigenvalue weighted by Crippen LogP contribution is -2.42. The number of H-pyrrole nitrogens is 1. The second-order valence-corrected chi connectivity index (χ2v) is 6.80. The second kappa shape index (κ2) is 8.85. The van der Waals surface area contributed by atoms with E-state index in [1.54, 1.807) is 0 Å². The fourth-order valence-electron chi connectivity index (χ4n) is 3.24. The van der Waals surface area contributed by atoms with Gasteiger partial charge in [0.15, 0.2) is 5.96 Å². The summed E-state index contributed by atoms with van der Waals surface area (Å²) >= 11 is 0. The molecule has 2 aromatic rings. The molecule has 0 spiro atoms. The van der Waals surface area contributed by atoms with Crippen molar-refractivity contribution in [1.29, 1.82) is 0 Å². The number of benzene rings is 1. The smallest absolute Gasteiger partial charge is 0.193 e. The van der Waals surface area contributed by atoms with E-state index in [1.807, 2.05) is 38.5 Å². The summed E-state index contributed by atoms with van der Waals surface area (Å²) < 4.78 is 0. The van der Waals surface area contributed by atoms with Gasteiger partial charge in [-0.05, 0) is 24.9 Å². The van der Waals surface area contributed by atoms with Crippen molar-refractivity contribution in [3.05, 3.63) is 42.4 Å². The Bertz CT molecular complexity index is 704. The standard InChI is InChI=1S/C20H30N6/c1-4-26(17-10-11-17)13-12-22-20(21-2)25(3)15-19-23-14-18(24-19)16-8-6-5-7-9-16/h5-9,14,17H,4,10-13,15H2,1-3H3,(H,21,22)(H,23,24). The third-order valence-electron chi connectivity index (χ3n) is 4.83. The first-order chi connectivity index (χ1) is 12.7. The van der Waals surface area contributed by atoms with Gasteiger partial charge in [0.05, 0.1) is 18.4 Å². The molecule has 26 heavy (non-hydrogen) atoms. The van der Waals surface area contributed by atoms with E-state index in [0.717, 1.165) is 48.7 Å². The number of nitrogens with one attached hydrogen (secondary N) is 2. The number of hydrogen-bond acceptors (Lipinski definition) is 3. The molecule has 1 aliphatic carbocycles. The van der Waals surface area contributed by atoms with Gasteiger partial charge in [0.1, 0.15) is 5.82 Å². The molecular weight excluding hydrogens is 324 g/mol. The molecule has 6 nitrogen and oxygen atoms in total. The SMILES string of the molecule is CCN(CCNC(=NC)N(C)Cc1ncc(-c2ccccc2)[nH]1)C1CC1. The Hall–Kier alpha value is -2.34. The molecule has 3 rings (SSSR count). The first-order valence-corrected chi connectivity index (χ1v) is 9.46. The van der Waals surface area contributed by atoms with Crippen LogP contribution in [-0.2, 0) is 6.54 Å². The Labute approximate surface area is 156 Å². The minimum Gasteiger partial charge on any atom is -0.355 e. The highest BCUT2D eigenvalue weighted by atomic mass is 15.3. The van der Waals surface area contributed by atoms with E-state index in [4.69, 9.17) is 0 Å². The minimum absolute atomic E-state index is 0.687. The lowest BCUT2D eigenvalue weighted by molar-refractivity contribution is 0.280. The molecule has 1 heterocycles. The number of imidazole rings is 1. The molecule has 6 heteroatoms. The van der Waals surface area contributed by atoms with Crippen LogP contribution in [0, 0.1) is 0 Å². The zero-order valence-corrected chi connectivity index (χ0v) is 16.1. The van der Waals surface area contributed by atoms with Gasteiger partial charge in [-0.25, -0.2) is 4.98 Å². The van der Waals surface area contributed by atoms with E-state index in [1.165, 1.54) is 12.8 Å². The molecule has 0 unspecified atom stereocenters. The summed E-state index contributed by atoms with van der Waals surface area (Å²) in [5.41, 5.74) is 2.19. The molecule has 1 aromatic heterocycles. The molecule has 0 radical (unpaired) electrons. The molecule has 1 fully saturated rings. The molecule has 140 valence electrons. The highest BCUT2D eigenvalue weighted by Crippen LogP contribution is 2.25. The maximum Gasteiger partial charge on any atom is 0.193 e. The molecule has 1 aliphatic rings. The van der Waals surface area contributed by atoms with Gasteiger partial charge in [-0.2, -0.15) is 0 Å². The summed E-state index contributed by atoms with van der Waals surface area (Å²) in [6, 6.07) is 11.1. The first-order valence-electron chi connectivity index (χ1n) is 9.46. The van der Waals surface area contributed by atoms with E-state index in [0.29, 0.717) is 6.54 Å². The quantitative estimate of drug-likeness (QED) is 0.565. The van der Waals surface area contributed by atoms with E-state index in [2.05, 4.69) is 49.1 Å². The summed E-state index contributed by atoms with van der Waals surface area (Å²) in [6.45, 7) is 6.02. The van der Waals surface area contributed by atoms with Crippen LogP contribution in [0.1, 0.15) is 25.6 Å². The number of aromatic nitrogens is 2. The predicted octanol–water partition coefficient (Wildman–Crippen LogP) is 2.57. The normalized spacial score (nSPS) is 14.7. The van der Waals surface area contributed by atoms with Gasteiger partial charge in [0.25, 0.3) is 0 Å². The largest absolute Gasteiger partial charge is 0.355 e. The number of hydrogen-bond donors (Lipinski definition) is 2. The van der Waals surface area contributed by atoms with E-state index in [-0.39, 0.29) is 0 Å². The highest BCUT2D eigenvalue weighted by Gasteiger charge is 2.27. The van der Waals surface area contributed by atoms with Gasteiger partial charge in [0.2, 0.25) is 0 Å². The van der Waals surface area contributed by atoms with Crippen molar-refractivity contribution in [3.63, 3.8) is 0 Å². The zero-order chi connectivity index (χ0) is 18.4. The van der Waals surface area contributed by atoms with Crippen LogP contribution in [-0.4, -0.2) is 65.5 Å². The van der Waals surface area contributed by atoms with Crippen molar-refractivity contribution in [2.75, 3.05) is 33.7 Å². The molecule has 0 bridgehead atoms. The molecule has 0 aliphatic heterocycles. The lowest BCUT2D eigenvalue weighted by atomic mass is 10.2. The van der Waals surface area contributed by atoms with Crippen molar-refractivity contribution < 1.29 is 0 Å². The van der Waals surface area contributed by atoms with Crippen LogP contribution in [0.25, 0.3) is 11.3 Å². The van der Waals surface area contributed by atoms with Crippen LogP contribution in [0.5, 0.6) is 0 Å². The summed E-state index contributed by atoms with van der Waals surface area (Å²) in [6.07, 6.45) is 4.60. The van der Waals surface area contributed by atoms with E-state index in [9.17, 15) is 0 Å². The van der Waals surface area contributed by atoms with Gasteiger partial charge in [0, 0.05) is 33.2 Å². The summed E-state index contributed by atoms with van der Waals surface area (Å²) in [4.78, 5) is 17.0. The lowest BCUT2D eigenvalue weighted by Gasteiger charge is -2.24. The monoisotopic (exact) mass is 354 g/mol. The molecule has 1 saturated carbocycles. The van der Waals surface area contributed by atoms with Gasteiger partial charge in [-0.15, -0.1) is 0 Å². The predicted molar refractivity (Wildman–Crippen MR) is 107 cm³/mol. The maximum absolute atomic E-state index is 4.51. The number of nitrogens with zero attached hydrogens (tertiary/aromatic N) is 4. The highest BCUT2D eigenvalue weighted by molar-refractivity contribution is 5.79. The summed E-state index contributed by atoms with van der Waals surface area (Å²) in [5.74, 6) is 1.83. The number of likely N-dealkylation sites (N-methyl/N-ethyl adjacent to an activating group) is 1. The Kier molecular flexibility index (Phi) is 6.28. The van der Waals surface area contributed by atoms with E-state index >= 15 is 0 Å². The fourth-order valence-corrected chi connectivity index (χ4v) is 3.24. The average Bonchev–Trinajstić information content (AvgIpc) is 3.41. The fraction of sp³-hybridized carbons (Fsp3) is 0.500. The third kappa shape index (κ3) is 4.85. The van der Waals surface area contributed by atoms with Crippen molar-refractivity contribution >= 4 is 5.96 Å². The Morgan fingerprint density at radius 1 is 1.31 bits per heavy atom. The zero-order valence-electron chi connectivity index (χ0n) is 16.1. The topological polar surface area (TPSA) is 59.5 Å². The second-order valence-electron chi connectivity index (χ2n) is 6.80. The Morgan fingerprint density at radius 2 is 2.08 bits per heavy atom. The minimum atomic E-state index is 0.687. The van der Waals surface area contributed by atoms with Crippen LogP contribution in [0.3, 0.4) is 0 Å². The number of aromatic amines is 1. The Balaban J connectivity index is 1.51. The molecule has 0 amide bonds. The summed E-state index contributed by atoms with van der Waals surface area (Å²) in [5, 5.41) is 3.47. The van der Waals surface area contributed by atoms with Crippen molar-refractivity contribution in [1.82, 2.24) is 25.1 Å². The first kappa shape index (κ1) is 18.5. The van der Waals surface area contributed by atoms with Crippen LogP contribution in [0.4, 0.5) is 0 Å². The van der Waals surface area contributed by atoms with E-state index < -0.39 is 0 Å². The number of rotatable bonds is 8. The van der Waals surface area contributed by atoms with Gasteiger partial charge in [-0.3, -0.25) is 9.89 Å². The molecular formula is C20H30N6. The third-order valence-corrected chi connectivity index (χ3v) is 4.83. The molecule has 0 saturated heterocycles. The van der Waals surface area contributed by atoms with Crippen molar-refractivity contribution in [2.24, 2.45) is 4.99 Å². The molecule has 2 N–H and O–H groups in total. The molecule has 0 atom stereocenters. The van der Waals surface area contributed by atoms with Crippen molar-refractivity contribution in [3.8, 4) is 11.3 Å². The van der Waals surface area contributed by atoms with Crippen LogP contribution in [0.2, 0.25) is 0 Å². The Morgan fingerprint density at radius 3 is 2.73 bits per heavy atom. The number of aliphatic imine (C=N–C) groups is 1. The van der Waals surface area contributed by atoms with Crippen LogP contribution >= 0.6 is 0 Å². The number of guanidine groups is 1. The van der Waals surface area contributed by atoms with Gasteiger partial charge >= 0.3 is 0 Å². The van der Waals surface area contributed by atoms with Crippen molar-refractivity contribution in [2.45, 2.75) is 32.4 Å². The van der Waals surface area contributed by atoms with Crippen LogP contribution in [0.15, 0.2) is 41.5 Å². The van der Waals surface area contributed by atoms with Gasteiger partial charge < -0.3 is 15.2 Å². The van der Waals surface area contributed by atoms with Gasteiger partial charge in [-0.1, -0.05) is 37.3 Å². The molecule has 1 aromatic carbocycles. The van der Waals surface area contributed by atoms with Crippen LogP contribution < -0.4 is 5.32 Å². The maximum atomic E-state index is 4.51. The average molecular weight is 355 g/mol. The summed E-state index contributed by atoms with van der Waals surface area (Å²) in [7, 11) is 3.87.